The van der Waals surface area contributed by atoms with Crippen LogP contribution in [-0.2, 0) is 17.6 Å². The topological polar surface area (TPSA) is 92.5 Å². The first kappa shape index (κ1) is 21.3. The van der Waals surface area contributed by atoms with Gasteiger partial charge in [0.05, 0.1) is 0 Å². The van der Waals surface area contributed by atoms with Crippen molar-refractivity contribution in [1.29, 1.82) is 0 Å². The van der Waals surface area contributed by atoms with Crippen molar-refractivity contribution in [2.75, 3.05) is 6.61 Å². The SMILES string of the molecule is CCc1cccc(-c2nc(Cc3c(C)nc(OCC(=O)O)c(C)c3C)ccc2O)c1. The molecule has 0 aliphatic heterocycles. The molecule has 0 radical (unpaired) electrons. The van der Waals surface area contributed by atoms with E-state index in [-0.39, 0.29) is 5.75 Å². The molecule has 6 nitrogen and oxygen atoms in total. The van der Waals surface area contributed by atoms with E-state index < -0.39 is 12.6 Å². The second-order valence-corrected chi connectivity index (χ2v) is 7.31. The quantitative estimate of drug-likeness (QED) is 0.604. The van der Waals surface area contributed by atoms with Crippen molar-refractivity contribution in [3.05, 3.63) is 70.0 Å². The largest absolute Gasteiger partial charge is 0.506 e. The number of nitrogens with zero attached hydrogens (tertiary/aromatic N) is 2. The summed E-state index contributed by atoms with van der Waals surface area (Å²) in [6.07, 6.45) is 1.46. The minimum absolute atomic E-state index is 0.146. The maximum absolute atomic E-state index is 10.8. The summed E-state index contributed by atoms with van der Waals surface area (Å²) < 4.78 is 5.32. The standard InChI is InChI=1S/C24H26N2O4/c1-5-17-7-6-8-18(11-17)23-21(27)10-9-19(26-23)12-20-14(2)15(3)24(25-16(20)4)30-13-22(28)29/h6-11,27H,5,12-13H2,1-4H3,(H,28,29). The van der Waals surface area contributed by atoms with Gasteiger partial charge in [-0.25, -0.2) is 14.8 Å². The maximum atomic E-state index is 10.8. The molecule has 0 atom stereocenters. The number of benzene rings is 1. The summed E-state index contributed by atoms with van der Waals surface area (Å²) in [5, 5.41) is 19.2. The van der Waals surface area contributed by atoms with Crippen LogP contribution in [0, 0.1) is 20.8 Å². The van der Waals surface area contributed by atoms with Gasteiger partial charge in [-0.05, 0) is 62.1 Å². The van der Waals surface area contributed by atoms with Crippen LogP contribution in [-0.4, -0.2) is 32.8 Å². The molecule has 0 fully saturated rings. The molecule has 3 aromatic rings. The van der Waals surface area contributed by atoms with Crippen LogP contribution >= 0.6 is 0 Å². The zero-order valence-corrected chi connectivity index (χ0v) is 17.7. The van der Waals surface area contributed by atoms with Crippen LogP contribution in [0.5, 0.6) is 11.6 Å². The fourth-order valence-corrected chi connectivity index (χ4v) is 3.42. The van der Waals surface area contributed by atoms with Gasteiger partial charge < -0.3 is 14.9 Å². The highest BCUT2D eigenvalue weighted by molar-refractivity contribution is 5.68. The lowest BCUT2D eigenvalue weighted by Crippen LogP contribution is -2.13. The fourth-order valence-electron chi connectivity index (χ4n) is 3.42. The molecule has 0 aliphatic rings. The average Bonchev–Trinajstić information content (AvgIpc) is 2.73. The first-order chi connectivity index (χ1) is 14.3. The normalized spacial score (nSPS) is 10.8. The van der Waals surface area contributed by atoms with Gasteiger partial charge in [-0.2, -0.15) is 0 Å². The van der Waals surface area contributed by atoms with Crippen molar-refractivity contribution >= 4 is 5.97 Å². The smallest absolute Gasteiger partial charge is 0.341 e. The second-order valence-electron chi connectivity index (χ2n) is 7.31. The molecule has 0 saturated carbocycles. The number of aromatic nitrogens is 2. The lowest BCUT2D eigenvalue weighted by molar-refractivity contribution is -0.139. The molecular weight excluding hydrogens is 380 g/mol. The minimum Gasteiger partial charge on any atom is -0.506 e. The van der Waals surface area contributed by atoms with E-state index in [0.717, 1.165) is 40.1 Å². The van der Waals surface area contributed by atoms with E-state index in [1.165, 1.54) is 5.56 Å². The van der Waals surface area contributed by atoms with E-state index in [1.807, 2.05) is 45.0 Å². The van der Waals surface area contributed by atoms with E-state index in [2.05, 4.69) is 18.0 Å². The molecule has 2 heterocycles. The van der Waals surface area contributed by atoms with Crippen LogP contribution in [0.4, 0.5) is 0 Å². The molecule has 0 bridgehead atoms. The Morgan fingerprint density at radius 2 is 1.83 bits per heavy atom. The van der Waals surface area contributed by atoms with Gasteiger partial charge in [-0.15, -0.1) is 0 Å². The third-order valence-corrected chi connectivity index (χ3v) is 5.27. The van der Waals surface area contributed by atoms with Gasteiger partial charge in [0.1, 0.15) is 11.4 Å². The predicted molar refractivity (Wildman–Crippen MR) is 115 cm³/mol. The van der Waals surface area contributed by atoms with Crippen LogP contribution in [0.1, 0.15) is 40.6 Å². The number of pyridine rings is 2. The number of hydrogen-bond acceptors (Lipinski definition) is 5. The molecule has 0 aliphatic carbocycles. The molecule has 0 unspecified atom stereocenters. The van der Waals surface area contributed by atoms with Crippen LogP contribution in [0.2, 0.25) is 0 Å². The van der Waals surface area contributed by atoms with Crippen molar-refractivity contribution in [1.82, 2.24) is 9.97 Å². The lowest BCUT2D eigenvalue weighted by Gasteiger charge is -2.16. The van der Waals surface area contributed by atoms with Crippen molar-refractivity contribution < 1.29 is 19.7 Å². The Morgan fingerprint density at radius 1 is 1.07 bits per heavy atom. The highest BCUT2D eigenvalue weighted by atomic mass is 16.5. The van der Waals surface area contributed by atoms with Gasteiger partial charge >= 0.3 is 5.97 Å². The van der Waals surface area contributed by atoms with Gasteiger partial charge in [0.15, 0.2) is 6.61 Å². The summed E-state index contributed by atoms with van der Waals surface area (Å²) in [6.45, 7) is 7.38. The van der Waals surface area contributed by atoms with Gasteiger partial charge in [-0.1, -0.05) is 25.1 Å². The predicted octanol–water partition coefficient (Wildman–Crippen LogP) is 4.39. The molecular formula is C24H26N2O4. The molecule has 6 heteroatoms. The monoisotopic (exact) mass is 406 g/mol. The second kappa shape index (κ2) is 8.95. The molecule has 1 aromatic carbocycles. The Morgan fingerprint density at radius 3 is 2.53 bits per heavy atom. The van der Waals surface area contributed by atoms with E-state index in [1.54, 1.807) is 6.07 Å². The molecule has 2 aromatic heterocycles. The number of carbonyl (C=O) groups is 1. The number of aromatic hydroxyl groups is 1. The van der Waals surface area contributed by atoms with Crippen molar-refractivity contribution in [2.45, 2.75) is 40.5 Å². The van der Waals surface area contributed by atoms with E-state index >= 15 is 0 Å². The first-order valence-electron chi connectivity index (χ1n) is 9.89. The Bertz CT molecular complexity index is 1090. The van der Waals surface area contributed by atoms with Crippen molar-refractivity contribution in [3.63, 3.8) is 0 Å². The Labute approximate surface area is 176 Å². The number of ether oxygens (including phenoxy) is 1. The zero-order valence-electron chi connectivity index (χ0n) is 17.7. The summed E-state index contributed by atoms with van der Waals surface area (Å²) in [7, 11) is 0. The summed E-state index contributed by atoms with van der Waals surface area (Å²) in [5.41, 5.74) is 7.03. The Balaban J connectivity index is 1.95. The number of aliphatic carboxylic acids is 1. The Kier molecular flexibility index (Phi) is 6.35. The summed E-state index contributed by atoms with van der Waals surface area (Å²) >= 11 is 0. The molecule has 0 amide bonds. The number of hydrogen-bond donors (Lipinski definition) is 2. The summed E-state index contributed by atoms with van der Waals surface area (Å²) in [6, 6.07) is 11.5. The molecule has 3 rings (SSSR count). The zero-order chi connectivity index (χ0) is 21.8. The number of aryl methyl sites for hydroxylation is 2. The highest BCUT2D eigenvalue weighted by Gasteiger charge is 2.16. The van der Waals surface area contributed by atoms with E-state index in [9.17, 15) is 9.90 Å². The molecule has 0 saturated heterocycles. The van der Waals surface area contributed by atoms with Crippen LogP contribution in [0.3, 0.4) is 0 Å². The number of carboxylic acids is 1. The van der Waals surface area contributed by atoms with Crippen LogP contribution in [0.15, 0.2) is 36.4 Å². The minimum atomic E-state index is -1.04. The lowest BCUT2D eigenvalue weighted by atomic mass is 9.98. The summed E-state index contributed by atoms with van der Waals surface area (Å²) in [4.78, 5) is 20.0. The Hall–Kier alpha value is -3.41. The third kappa shape index (κ3) is 4.59. The van der Waals surface area contributed by atoms with Crippen LogP contribution in [0.25, 0.3) is 11.3 Å². The highest BCUT2D eigenvalue weighted by Crippen LogP contribution is 2.30. The van der Waals surface area contributed by atoms with Gasteiger partial charge in [0.25, 0.3) is 0 Å². The summed E-state index contributed by atoms with van der Waals surface area (Å²) in [5.74, 6) is -0.553. The van der Waals surface area contributed by atoms with Crippen molar-refractivity contribution in [3.8, 4) is 22.9 Å². The molecule has 0 spiro atoms. The third-order valence-electron chi connectivity index (χ3n) is 5.27. The van der Waals surface area contributed by atoms with Gasteiger partial charge in [0, 0.05) is 28.9 Å². The molecule has 2 N–H and O–H groups in total. The molecule has 30 heavy (non-hydrogen) atoms. The first-order valence-corrected chi connectivity index (χ1v) is 9.89. The van der Waals surface area contributed by atoms with E-state index in [0.29, 0.717) is 18.0 Å². The van der Waals surface area contributed by atoms with Gasteiger partial charge in [-0.3, -0.25) is 0 Å². The fraction of sp³-hybridized carbons (Fsp3) is 0.292. The molecule has 156 valence electrons. The number of carboxylic acid groups (broad SMARTS) is 1. The van der Waals surface area contributed by atoms with Crippen LogP contribution < -0.4 is 4.74 Å². The average molecular weight is 406 g/mol. The maximum Gasteiger partial charge on any atom is 0.341 e. The van der Waals surface area contributed by atoms with E-state index in [4.69, 9.17) is 14.8 Å². The number of rotatable bonds is 7. The van der Waals surface area contributed by atoms with Gasteiger partial charge in [0.2, 0.25) is 5.88 Å². The van der Waals surface area contributed by atoms with Crippen molar-refractivity contribution in [2.24, 2.45) is 0 Å².